The Hall–Kier alpha value is -3.81. The second-order valence-electron chi connectivity index (χ2n) is 6.38. The molecular formula is C20H14FN5O2. The van der Waals surface area contributed by atoms with Crippen LogP contribution in [-0.2, 0) is 0 Å². The van der Waals surface area contributed by atoms with E-state index in [9.17, 15) is 9.18 Å². The first-order chi connectivity index (χ1) is 13.6. The minimum Gasteiger partial charge on any atom is -0.478 e. The summed E-state index contributed by atoms with van der Waals surface area (Å²) in [6.07, 6.45) is 9.12. The predicted molar refractivity (Wildman–Crippen MR) is 101 cm³/mol. The van der Waals surface area contributed by atoms with Crippen LogP contribution in [0.2, 0.25) is 0 Å². The Labute approximate surface area is 158 Å². The molecule has 138 valence electrons. The van der Waals surface area contributed by atoms with E-state index in [-0.39, 0.29) is 17.8 Å². The highest BCUT2D eigenvalue weighted by molar-refractivity contribution is 6.19. The first-order valence-corrected chi connectivity index (χ1v) is 8.61. The van der Waals surface area contributed by atoms with Gasteiger partial charge in [0.15, 0.2) is 0 Å². The van der Waals surface area contributed by atoms with Gasteiger partial charge in [0.1, 0.15) is 5.82 Å². The molecule has 0 bridgehead atoms. The number of hydrogen-bond donors (Lipinski definition) is 1. The van der Waals surface area contributed by atoms with Gasteiger partial charge < -0.3 is 10.1 Å². The number of methoxy groups -OCH3 is 1. The first-order valence-electron chi connectivity index (χ1n) is 8.61. The zero-order valence-electron chi connectivity index (χ0n) is 14.8. The molecule has 2 aromatic heterocycles. The SMILES string of the molecule is COc1nccn2c(C3C=CC4=NC(=O)NC4=C3)c(-c3ccc(F)cc3)nc12. The summed E-state index contributed by atoms with van der Waals surface area (Å²) in [4.78, 5) is 24.4. The van der Waals surface area contributed by atoms with E-state index in [1.165, 1.54) is 19.2 Å². The molecular weight excluding hydrogens is 361 g/mol. The number of aliphatic imine (C=N–C) groups is 1. The van der Waals surface area contributed by atoms with Crippen LogP contribution in [0, 0.1) is 5.82 Å². The summed E-state index contributed by atoms with van der Waals surface area (Å²) in [6.45, 7) is 0. The van der Waals surface area contributed by atoms with Gasteiger partial charge in [0.25, 0.3) is 5.88 Å². The molecule has 2 aliphatic rings. The normalized spacial score (nSPS) is 17.9. The molecule has 2 amide bonds. The fraction of sp³-hybridized carbons (Fsp3) is 0.100. The Morgan fingerprint density at radius 1 is 1.25 bits per heavy atom. The van der Waals surface area contributed by atoms with Crippen LogP contribution in [-0.4, -0.2) is 33.2 Å². The van der Waals surface area contributed by atoms with E-state index in [1.807, 2.05) is 22.6 Å². The Balaban J connectivity index is 1.74. The minimum atomic E-state index is -0.380. The van der Waals surface area contributed by atoms with Gasteiger partial charge in [-0.25, -0.2) is 19.2 Å². The zero-order chi connectivity index (χ0) is 19.3. The van der Waals surface area contributed by atoms with E-state index < -0.39 is 0 Å². The second kappa shape index (κ2) is 6.12. The van der Waals surface area contributed by atoms with E-state index in [2.05, 4.69) is 15.3 Å². The maximum atomic E-state index is 13.4. The van der Waals surface area contributed by atoms with Crippen molar-refractivity contribution in [2.75, 3.05) is 7.11 Å². The van der Waals surface area contributed by atoms with Gasteiger partial charge in [0.05, 0.1) is 29.9 Å². The van der Waals surface area contributed by atoms with E-state index in [0.717, 1.165) is 11.3 Å². The number of halogens is 1. The fourth-order valence-electron chi connectivity index (χ4n) is 3.49. The summed E-state index contributed by atoms with van der Waals surface area (Å²) in [5, 5.41) is 2.74. The molecule has 3 heterocycles. The maximum Gasteiger partial charge on any atom is 0.346 e. The Bertz CT molecular complexity index is 1210. The van der Waals surface area contributed by atoms with E-state index >= 15 is 0 Å². The lowest BCUT2D eigenvalue weighted by Gasteiger charge is -2.16. The van der Waals surface area contributed by atoms with Crippen LogP contribution in [0.15, 0.2) is 65.6 Å². The van der Waals surface area contributed by atoms with Crippen molar-refractivity contribution in [2.45, 2.75) is 5.92 Å². The van der Waals surface area contributed by atoms with Gasteiger partial charge in [0.2, 0.25) is 5.65 Å². The van der Waals surface area contributed by atoms with Gasteiger partial charge >= 0.3 is 6.03 Å². The third-order valence-corrected chi connectivity index (χ3v) is 4.72. The number of hydrogen-bond acceptors (Lipinski definition) is 4. The van der Waals surface area contributed by atoms with Crippen LogP contribution in [0.3, 0.4) is 0 Å². The molecule has 3 aromatic rings. The van der Waals surface area contributed by atoms with E-state index in [4.69, 9.17) is 9.72 Å². The Morgan fingerprint density at radius 3 is 2.86 bits per heavy atom. The van der Waals surface area contributed by atoms with Crippen molar-refractivity contribution in [3.05, 3.63) is 72.1 Å². The summed E-state index contributed by atoms with van der Waals surface area (Å²) >= 11 is 0. The standard InChI is InChI=1S/C20H14FN5O2/c1-28-19-18-25-16(11-2-5-13(21)6-3-11)17(26(18)9-8-22-19)12-4-7-14-15(10-12)24-20(27)23-14/h2-10,12H,1H3,(H,24,27). The highest BCUT2D eigenvalue weighted by Crippen LogP contribution is 2.35. The molecule has 1 aliphatic carbocycles. The summed E-state index contributed by atoms with van der Waals surface area (Å²) < 4.78 is 20.7. The highest BCUT2D eigenvalue weighted by Gasteiger charge is 2.27. The molecule has 1 unspecified atom stereocenters. The number of carbonyl (C=O) groups excluding carboxylic acids is 1. The average Bonchev–Trinajstić information content (AvgIpc) is 3.27. The number of ether oxygens (including phenoxy) is 1. The molecule has 1 aliphatic heterocycles. The van der Waals surface area contributed by atoms with Crippen molar-refractivity contribution in [2.24, 2.45) is 4.99 Å². The van der Waals surface area contributed by atoms with Gasteiger partial charge in [-0.3, -0.25) is 4.40 Å². The third kappa shape index (κ3) is 2.50. The molecule has 8 heteroatoms. The second-order valence-corrected chi connectivity index (χ2v) is 6.38. The third-order valence-electron chi connectivity index (χ3n) is 4.72. The number of nitrogens with zero attached hydrogens (tertiary/aromatic N) is 4. The number of fused-ring (bicyclic) bond motifs is 2. The van der Waals surface area contributed by atoms with Gasteiger partial charge in [-0.15, -0.1) is 0 Å². The van der Waals surface area contributed by atoms with Crippen molar-refractivity contribution in [3.63, 3.8) is 0 Å². The van der Waals surface area contributed by atoms with Crippen molar-refractivity contribution >= 4 is 17.4 Å². The molecule has 0 fully saturated rings. The van der Waals surface area contributed by atoms with E-state index in [0.29, 0.717) is 28.6 Å². The summed E-state index contributed by atoms with van der Waals surface area (Å²) in [5.41, 5.74) is 4.13. The summed E-state index contributed by atoms with van der Waals surface area (Å²) in [7, 11) is 1.54. The molecule has 0 radical (unpaired) electrons. The van der Waals surface area contributed by atoms with Crippen molar-refractivity contribution < 1.29 is 13.9 Å². The largest absolute Gasteiger partial charge is 0.478 e. The van der Waals surface area contributed by atoms with Gasteiger partial charge in [-0.05, 0) is 36.4 Å². The minimum absolute atomic E-state index is 0.186. The smallest absolute Gasteiger partial charge is 0.346 e. The fourth-order valence-corrected chi connectivity index (χ4v) is 3.49. The van der Waals surface area contributed by atoms with Crippen molar-refractivity contribution in [1.82, 2.24) is 19.7 Å². The number of imidazole rings is 1. The molecule has 0 saturated heterocycles. The molecule has 1 N–H and O–H groups in total. The zero-order valence-corrected chi connectivity index (χ0v) is 14.8. The quantitative estimate of drug-likeness (QED) is 0.762. The number of urea groups is 1. The topological polar surface area (TPSA) is 80.9 Å². The number of nitrogens with one attached hydrogen (secondary N) is 1. The monoisotopic (exact) mass is 375 g/mol. The number of carbonyl (C=O) groups is 1. The van der Waals surface area contributed by atoms with Crippen molar-refractivity contribution in [1.29, 1.82) is 0 Å². The number of benzene rings is 1. The lowest BCUT2D eigenvalue weighted by Crippen LogP contribution is -2.17. The van der Waals surface area contributed by atoms with Crippen LogP contribution in [0.4, 0.5) is 9.18 Å². The van der Waals surface area contributed by atoms with Gasteiger partial charge in [-0.1, -0.05) is 6.08 Å². The number of amides is 2. The average molecular weight is 375 g/mol. The summed E-state index contributed by atoms with van der Waals surface area (Å²) in [5.74, 6) is -0.113. The van der Waals surface area contributed by atoms with Crippen LogP contribution >= 0.6 is 0 Å². The predicted octanol–water partition coefficient (Wildman–Crippen LogP) is 3.25. The van der Waals surface area contributed by atoms with Gasteiger partial charge in [-0.2, -0.15) is 4.99 Å². The van der Waals surface area contributed by atoms with Crippen LogP contribution < -0.4 is 10.1 Å². The Morgan fingerprint density at radius 2 is 2.07 bits per heavy atom. The van der Waals surface area contributed by atoms with Gasteiger partial charge in [0, 0.05) is 23.9 Å². The van der Waals surface area contributed by atoms with Crippen LogP contribution in [0.25, 0.3) is 16.9 Å². The lowest BCUT2D eigenvalue weighted by molar-refractivity contribution is 0.253. The molecule has 5 rings (SSSR count). The first kappa shape index (κ1) is 16.4. The number of rotatable bonds is 3. The molecule has 1 atom stereocenters. The van der Waals surface area contributed by atoms with E-state index in [1.54, 1.807) is 24.5 Å². The van der Waals surface area contributed by atoms with Crippen molar-refractivity contribution in [3.8, 4) is 17.1 Å². The molecule has 1 aromatic carbocycles. The molecule has 0 spiro atoms. The summed E-state index contributed by atoms with van der Waals surface area (Å²) in [6, 6.07) is 5.79. The van der Waals surface area contributed by atoms with Crippen LogP contribution in [0.5, 0.6) is 5.88 Å². The molecule has 0 saturated carbocycles. The lowest BCUT2D eigenvalue weighted by atomic mass is 9.93. The number of aromatic nitrogens is 3. The molecule has 28 heavy (non-hydrogen) atoms. The highest BCUT2D eigenvalue weighted by atomic mass is 19.1. The molecule has 7 nitrogen and oxygen atoms in total. The Kier molecular flexibility index (Phi) is 3.58. The van der Waals surface area contributed by atoms with Crippen LogP contribution in [0.1, 0.15) is 11.6 Å². The maximum absolute atomic E-state index is 13.4. The number of allylic oxidation sites excluding steroid dienone is 3.